The highest BCUT2D eigenvalue weighted by molar-refractivity contribution is 5.38. The molecular weight excluding hydrogens is 238 g/mol. The Morgan fingerprint density at radius 3 is 3.05 bits per heavy atom. The zero-order valence-corrected chi connectivity index (χ0v) is 11.6. The molecule has 102 valence electrons. The highest BCUT2D eigenvalue weighted by Crippen LogP contribution is 2.16. The molecule has 0 radical (unpaired) electrons. The summed E-state index contributed by atoms with van der Waals surface area (Å²) in [4.78, 5) is 0. The molecule has 0 amide bonds. The van der Waals surface area contributed by atoms with Gasteiger partial charge >= 0.3 is 0 Å². The largest absolute Gasteiger partial charge is 0.497 e. The van der Waals surface area contributed by atoms with Crippen molar-refractivity contribution in [1.29, 1.82) is 0 Å². The number of methoxy groups -OCH3 is 1. The highest BCUT2D eigenvalue weighted by atomic mass is 16.5. The third-order valence-electron chi connectivity index (χ3n) is 3.02. The monoisotopic (exact) mass is 259 g/mol. The summed E-state index contributed by atoms with van der Waals surface area (Å²) in [6.45, 7) is 4.21. The van der Waals surface area contributed by atoms with Crippen LogP contribution < -0.4 is 10.1 Å². The van der Waals surface area contributed by atoms with Gasteiger partial charge in [0.15, 0.2) is 0 Å². The maximum atomic E-state index is 5.23. The molecule has 0 saturated carbocycles. The predicted molar refractivity (Wildman–Crippen MR) is 77.0 cm³/mol. The maximum Gasteiger partial charge on any atom is 0.121 e. The molecule has 0 spiro atoms. The molecular formula is C15H21N3O. The summed E-state index contributed by atoms with van der Waals surface area (Å²) >= 11 is 0. The van der Waals surface area contributed by atoms with Crippen LogP contribution in [0.2, 0.25) is 0 Å². The van der Waals surface area contributed by atoms with Crippen molar-refractivity contribution in [2.45, 2.75) is 19.8 Å². The van der Waals surface area contributed by atoms with E-state index >= 15 is 0 Å². The first kappa shape index (κ1) is 13.6. The zero-order valence-electron chi connectivity index (χ0n) is 11.6. The molecule has 2 rings (SSSR count). The van der Waals surface area contributed by atoms with Crippen molar-refractivity contribution in [3.05, 3.63) is 42.2 Å². The Morgan fingerprint density at radius 1 is 1.37 bits per heavy atom. The van der Waals surface area contributed by atoms with Crippen LogP contribution in [-0.2, 0) is 6.42 Å². The van der Waals surface area contributed by atoms with Crippen molar-refractivity contribution in [1.82, 2.24) is 15.1 Å². The molecule has 1 heterocycles. The van der Waals surface area contributed by atoms with Gasteiger partial charge in [-0.1, -0.05) is 13.0 Å². The van der Waals surface area contributed by atoms with Gasteiger partial charge in [0.1, 0.15) is 5.75 Å². The third-order valence-corrected chi connectivity index (χ3v) is 3.02. The van der Waals surface area contributed by atoms with Crippen LogP contribution >= 0.6 is 0 Å². The van der Waals surface area contributed by atoms with Crippen LogP contribution in [0.4, 0.5) is 0 Å². The third kappa shape index (κ3) is 3.83. The Hall–Kier alpha value is -1.81. The molecule has 1 aromatic carbocycles. The lowest BCUT2D eigenvalue weighted by atomic mass is 10.2. The molecule has 0 aliphatic rings. The predicted octanol–water partition coefficient (Wildman–Crippen LogP) is 2.42. The fourth-order valence-corrected chi connectivity index (χ4v) is 1.98. The number of nitrogens with zero attached hydrogens (tertiary/aromatic N) is 2. The van der Waals surface area contributed by atoms with Gasteiger partial charge < -0.3 is 10.1 Å². The normalized spacial score (nSPS) is 10.6. The summed E-state index contributed by atoms with van der Waals surface area (Å²) in [5.41, 5.74) is 2.29. The molecule has 0 fully saturated rings. The van der Waals surface area contributed by atoms with Crippen LogP contribution in [-0.4, -0.2) is 30.0 Å². The van der Waals surface area contributed by atoms with Gasteiger partial charge in [0.25, 0.3) is 0 Å². The topological polar surface area (TPSA) is 39.1 Å². The van der Waals surface area contributed by atoms with Gasteiger partial charge in [-0.25, -0.2) is 4.68 Å². The molecule has 4 nitrogen and oxygen atoms in total. The summed E-state index contributed by atoms with van der Waals surface area (Å²) in [7, 11) is 1.67. The molecule has 4 heteroatoms. The van der Waals surface area contributed by atoms with Crippen LogP contribution in [0.25, 0.3) is 5.69 Å². The van der Waals surface area contributed by atoms with Crippen molar-refractivity contribution in [3.8, 4) is 11.4 Å². The van der Waals surface area contributed by atoms with Gasteiger partial charge in [-0.05, 0) is 43.6 Å². The molecule has 0 unspecified atom stereocenters. The highest BCUT2D eigenvalue weighted by Gasteiger charge is 2.02. The number of benzene rings is 1. The Morgan fingerprint density at radius 2 is 2.26 bits per heavy atom. The SMILES string of the molecule is CCNCCCc1cnn(-c2cccc(OC)c2)c1. The number of aromatic nitrogens is 2. The number of ether oxygens (including phenoxy) is 1. The van der Waals surface area contributed by atoms with Crippen molar-refractivity contribution in [2.24, 2.45) is 0 Å². The van der Waals surface area contributed by atoms with Gasteiger partial charge in [0, 0.05) is 12.3 Å². The van der Waals surface area contributed by atoms with Crippen LogP contribution in [0.5, 0.6) is 5.75 Å². The minimum atomic E-state index is 0.849. The van der Waals surface area contributed by atoms with E-state index in [2.05, 4.69) is 23.5 Å². The van der Waals surface area contributed by atoms with E-state index in [4.69, 9.17) is 4.74 Å². The fourth-order valence-electron chi connectivity index (χ4n) is 1.98. The summed E-state index contributed by atoms with van der Waals surface area (Å²) in [5, 5.41) is 7.73. The van der Waals surface area contributed by atoms with Crippen molar-refractivity contribution >= 4 is 0 Å². The lowest BCUT2D eigenvalue weighted by molar-refractivity contribution is 0.414. The quantitative estimate of drug-likeness (QED) is 0.776. The fraction of sp³-hybridized carbons (Fsp3) is 0.400. The van der Waals surface area contributed by atoms with Crippen molar-refractivity contribution in [2.75, 3.05) is 20.2 Å². The number of nitrogens with one attached hydrogen (secondary N) is 1. The minimum Gasteiger partial charge on any atom is -0.497 e. The summed E-state index contributed by atoms with van der Waals surface area (Å²) in [5.74, 6) is 0.849. The van der Waals surface area contributed by atoms with E-state index in [0.717, 1.165) is 37.4 Å². The Labute approximate surface area is 114 Å². The number of aryl methyl sites for hydroxylation is 1. The first-order valence-electron chi connectivity index (χ1n) is 6.72. The molecule has 0 aliphatic heterocycles. The standard InChI is InChI=1S/C15H21N3O/c1-3-16-9-5-6-13-11-17-18(12-13)14-7-4-8-15(10-14)19-2/h4,7-8,10-12,16H,3,5-6,9H2,1-2H3. The zero-order chi connectivity index (χ0) is 13.5. The molecule has 0 saturated heterocycles. The Bertz CT molecular complexity index is 508. The van der Waals surface area contributed by atoms with Gasteiger partial charge in [-0.3, -0.25) is 0 Å². The van der Waals surface area contributed by atoms with E-state index in [0.29, 0.717) is 0 Å². The van der Waals surface area contributed by atoms with Crippen LogP contribution in [0.1, 0.15) is 18.9 Å². The van der Waals surface area contributed by atoms with Gasteiger partial charge in [0.2, 0.25) is 0 Å². The maximum absolute atomic E-state index is 5.23. The number of hydrogen-bond donors (Lipinski definition) is 1. The second-order valence-corrected chi connectivity index (χ2v) is 4.45. The molecule has 0 atom stereocenters. The van der Waals surface area contributed by atoms with Gasteiger partial charge in [-0.15, -0.1) is 0 Å². The van der Waals surface area contributed by atoms with Crippen LogP contribution in [0.3, 0.4) is 0 Å². The number of rotatable bonds is 7. The molecule has 0 aliphatic carbocycles. The Balaban J connectivity index is 1.99. The van der Waals surface area contributed by atoms with E-state index in [1.165, 1.54) is 5.56 Å². The second-order valence-electron chi connectivity index (χ2n) is 4.45. The van der Waals surface area contributed by atoms with E-state index in [9.17, 15) is 0 Å². The minimum absolute atomic E-state index is 0.849. The van der Waals surface area contributed by atoms with Crippen molar-refractivity contribution in [3.63, 3.8) is 0 Å². The molecule has 1 N–H and O–H groups in total. The first-order valence-corrected chi connectivity index (χ1v) is 6.72. The van der Waals surface area contributed by atoms with Gasteiger partial charge in [0.05, 0.1) is 19.0 Å². The summed E-state index contributed by atoms with van der Waals surface area (Å²) in [6, 6.07) is 7.92. The summed E-state index contributed by atoms with van der Waals surface area (Å²) < 4.78 is 7.12. The number of hydrogen-bond acceptors (Lipinski definition) is 3. The smallest absolute Gasteiger partial charge is 0.121 e. The van der Waals surface area contributed by atoms with E-state index in [1.54, 1.807) is 7.11 Å². The lowest BCUT2D eigenvalue weighted by Gasteiger charge is -2.04. The lowest BCUT2D eigenvalue weighted by Crippen LogP contribution is -2.14. The van der Waals surface area contributed by atoms with Gasteiger partial charge in [-0.2, -0.15) is 5.10 Å². The van der Waals surface area contributed by atoms with Crippen LogP contribution in [0, 0.1) is 0 Å². The molecule has 19 heavy (non-hydrogen) atoms. The van der Waals surface area contributed by atoms with E-state index in [-0.39, 0.29) is 0 Å². The van der Waals surface area contributed by atoms with Crippen molar-refractivity contribution < 1.29 is 4.74 Å². The van der Waals surface area contributed by atoms with E-state index in [1.807, 2.05) is 35.1 Å². The van der Waals surface area contributed by atoms with E-state index < -0.39 is 0 Å². The van der Waals surface area contributed by atoms with Crippen LogP contribution in [0.15, 0.2) is 36.7 Å². The Kier molecular flexibility index (Phi) is 4.98. The molecule has 0 bridgehead atoms. The summed E-state index contributed by atoms with van der Waals surface area (Å²) in [6.07, 6.45) is 6.21. The first-order chi connectivity index (χ1) is 9.33. The average Bonchev–Trinajstić information content (AvgIpc) is 2.92. The average molecular weight is 259 g/mol. The molecule has 2 aromatic rings. The molecule has 1 aromatic heterocycles. The second kappa shape index (κ2) is 6.95.